The van der Waals surface area contributed by atoms with Crippen LogP contribution in [0.4, 0.5) is 11.9 Å². The van der Waals surface area contributed by atoms with E-state index in [0.717, 1.165) is 0 Å². The van der Waals surface area contributed by atoms with Gasteiger partial charge in [0.05, 0.1) is 6.61 Å². The van der Waals surface area contributed by atoms with Crippen LogP contribution < -0.4 is 15.4 Å². The maximum absolute atomic E-state index is 8.82. The van der Waals surface area contributed by atoms with Gasteiger partial charge in [-0.1, -0.05) is 0 Å². The monoisotopic (exact) mass is 241 g/mol. The van der Waals surface area contributed by atoms with Crippen molar-refractivity contribution in [3.63, 3.8) is 0 Å². The van der Waals surface area contributed by atoms with Gasteiger partial charge in [0.2, 0.25) is 11.9 Å². The molecule has 1 unspecified atom stereocenters. The molecule has 0 aliphatic heterocycles. The lowest BCUT2D eigenvalue weighted by Crippen LogP contribution is -2.19. The largest absolute Gasteiger partial charge is 0.464 e. The van der Waals surface area contributed by atoms with Crippen LogP contribution in [0.25, 0.3) is 0 Å². The first-order valence-corrected chi connectivity index (χ1v) is 5.63. The molecule has 3 N–H and O–H groups in total. The lowest BCUT2D eigenvalue weighted by atomic mass is 10.2. The van der Waals surface area contributed by atoms with Crippen molar-refractivity contribution in [1.82, 2.24) is 15.0 Å². The number of hydrogen-bond acceptors (Lipinski definition) is 7. The summed E-state index contributed by atoms with van der Waals surface area (Å²) in [5, 5.41) is 14.7. The Morgan fingerprint density at radius 1 is 1.29 bits per heavy atom. The van der Waals surface area contributed by atoms with E-state index in [9.17, 15) is 0 Å². The fourth-order valence-electron chi connectivity index (χ4n) is 1.21. The molecule has 0 radical (unpaired) electrons. The Bertz CT molecular complexity index is 347. The molecular formula is C10H19N5O2. The lowest BCUT2D eigenvalue weighted by Gasteiger charge is -2.13. The molecule has 7 heteroatoms. The first-order chi connectivity index (χ1) is 8.19. The van der Waals surface area contributed by atoms with E-state index in [2.05, 4.69) is 25.6 Å². The van der Waals surface area contributed by atoms with Gasteiger partial charge in [0.1, 0.15) is 0 Å². The molecule has 0 saturated carbocycles. The molecule has 1 atom stereocenters. The van der Waals surface area contributed by atoms with Gasteiger partial charge in [-0.3, -0.25) is 0 Å². The number of anilines is 2. The molecule has 0 spiro atoms. The van der Waals surface area contributed by atoms with Crippen LogP contribution in [0, 0.1) is 0 Å². The van der Waals surface area contributed by atoms with Gasteiger partial charge in [0.15, 0.2) is 0 Å². The van der Waals surface area contributed by atoms with E-state index in [0.29, 0.717) is 24.9 Å². The van der Waals surface area contributed by atoms with Gasteiger partial charge in [-0.15, -0.1) is 0 Å². The highest BCUT2D eigenvalue weighted by atomic mass is 16.5. The van der Waals surface area contributed by atoms with Crippen LogP contribution in [0.15, 0.2) is 0 Å². The number of nitrogens with one attached hydrogen (secondary N) is 2. The van der Waals surface area contributed by atoms with E-state index in [4.69, 9.17) is 9.84 Å². The molecule has 1 rings (SSSR count). The van der Waals surface area contributed by atoms with Crippen LogP contribution in [0.2, 0.25) is 0 Å². The highest BCUT2D eigenvalue weighted by Crippen LogP contribution is 2.12. The van der Waals surface area contributed by atoms with Crippen molar-refractivity contribution in [3.05, 3.63) is 0 Å². The molecule has 17 heavy (non-hydrogen) atoms. The number of ether oxygens (including phenoxy) is 1. The van der Waals surface area contributed by atoms with E-state index in [-0.39, 0.29) is 18.7 Å². The van der Waals surface area contributed by atoms with Gasteiger partial charge in [-0.05, 0) is 20.3 Å². The maximum atomic E-state index is 8.82. The first kappa shape index (κ1) is 13.4. The molecule has 0 bridgehead atoms. The average Bonchev–Trinajstić information content (AvgIpc) is 2.29. The zero-order chi connectivity index (χ0) is 12.7. The minimum absolute atomic E-state index is 0.0848. The summed E-state index contributed by atoms with van der Waals surface area (Å²) >= 11 is 0. The van der Waals surface area contributed by atoms with E-state index >= 15 is 0 Å². The van der Waals surface area contributed by atoms with E-state index < -0.39 is 0 Å². The molecular weight excluding hydrogens is 222 g/mol. The van der Waals surface area contributed by atoms with Gasteiger partial charge in [-0.2, -0.15) is 15.0 Å². The van der Waals surface area contributed by atoms with Crippen molar-refractivity contribution in [2.45, 2.75) is 26.3 Å². The van der Waals surface area contributed by atoms with Crippen molar-refractivity contribution < 1.29 is 9.84 Å². The minimum Gasteiger partial charge on any atom is -0.464 e. The molecule has 0 aromatic carbocycles. The van der Waals surface area contributed by atoms with Crippen LogP contribution in [-0.2, 0) is 0 Å². The van der Waals surface area contributed by atoms with Crippen LogP contribution in [-0.4, -0.2) is 46.4 Å². The highest BCUT2D eigenvalue weighted by Gasteiger charge is 2.08. The summed E-state index contributed by atoms with van der Waals surface area (Å²) in [5.41, 5.74) is 0. The first-order valence-electron chi connectivity index (χ1n) is 5.63. The highest BCUT2D eigenvalue weighted by molar-refractivity contribution is 5.35. The van der Waals surface area contributed by atoms with Crippen LogP contribution in [0.5, 0.6) is 6.01 Å². The van der Waals surface area contributed by atoms with Crippen LogP contribution in [0.3, 0.4) is 0 Å². The molecule has 0 fully saturated rings. The van der Waals surface area contributed by atoms with Crippen molar-refractivity contribution in [2.24, 2.45) is 0 Å². The topological polar surface area (TPSA) is 92.2 Å². The molecule has 0 amide bonds. The average molecular weight is 241 g/mol. The molecule has 1 aromatic heterocycles. The number of aliphatic hydroxyl groups is 1. The smallest absolute Gasteiger partial charge is 0.323 e. The summed E-state index contributed by atoms with van der Waals surface area (Å²) < 4.78 is 5.24. The molecule has 0 saturated heterocycles. The van der Waals surface area contributed by atoms with E-state index in [1.54, 1.807) is 7.05 Å². The predicted octanol–water partition coefficient (Wildman–Crippen LogP) is 0.495. The Morgan fingerprint density at radius 2 is 2.00 bits per heavy atom. The summed E-state index contributed by atoms with van der Waals surface area (Å²) in [6.45, 7) is 4.43. The third kappa shape index (κ3) is 4.39. The SMILES string of the molecule is CCOc1nc(NC)nc(NC(C)CCO)n1. The number of rotatable bonds is 7. The standard InChI is InChI=1S/C10H19N5O2/c1-4-17-10-14-8(11-3)13-9(15-10)12-7(2)5-6-16/h7,16H,4-6H2,1-3H3,(H2,11,12,13,14,15). The van der Waals surface area contributed by atoms with Crippen molar-refractivity contribution in [2.75, 3.05) is 30.9 Å². The Hall–Kier alpha value is -1.63. The second-order valence-electron chi connectivity index (χ2n) is 3.51. The van der Waals surface area contributed by atoms with E-state index in [1.807, 2.05) is 13.8 Å². The summed E-state index contributed by atoms with van der Waals surface area (Å²) in [6, 6.07) is 0.368. The Kier molecular flexibility index (Phi) is 5.41. The van der Waals surface area contributed by atoms with Gasteiger partial charge < -0.3 is 20.5 Å². The van der Waals surface area contributed by atoms with Crippen LogP contribution >= 0.6 is 0 Å². The zero-order valence-corrected chi connectivity index (χ0v) is 10.4. The molecule has 7 nitrogen and oxygen atoms in total. The molecule has 96 valence electrons. The normalized spacial score (nSPS) is 12.0. The van der Waals surface area contributed by atoms with Gasteiger partial charge in [0.25, 0.3) is 0 Å². The van der Waals surface area contributed by atoms with Crippen LogP contribution in [0.1, 0.15) is 20.3 Å². The Morgan fingerprint density at radius 3 is 2.59 bits per heavy atom. The third-order valence-corrected chi connectivity index (χ3v) is 2.05. The summed E-state index contributed by atoms with van der Waals surface area (Å²) in [6.07, 6.45) is 0.630. The predicted molar refractivity (Wildman–Crippen MR) is 65.3 cm³/mol. The molecule has 0 aliphatic rings. The lowest BCUT2D eigenvalue weighted by molar-refractivity contribution is 0.281. The second-order valence-corrected chi connectivity index (χ2v) is 3.51. The summed E-state index contributed by atoms with van der Waals surface area (Å²) in [4.78, 5) is 12.3. The number of aromatic nitrogens is 3. The van der Waals surface area contributed by atoms with E-state index in [1.165, 1.54) is 0 Å². The summed E-state index contributed by atoms with van der Waals surface area (Å²) in [5.74, 6) is 0.885. The zero-order valence-electron chi connectivity index (χ0n) is 10.4. The number of nitrogens with zero attached hydrogens (tertiary/aromatic N) is 3. The number of hydrogen-bond donors (Lipinski definition) is 3. The number of aliphatic hydroxyl groups excluding tert-OH is 1. The van der Waals surface area contributed by atoms with Crippen molar-refractivity contribution in [1.29, 1.82) is 0 Å². The maximum Gasteiger partial charge on any atom is 0.323 e. The fourth-order valence-corrected chi connectivity index (χ4v) is 1.21. The van der Waals surface area contributed by atoms with Gasteiger partial charge in [0, 0.05) is 19.7 Å². The quantitative estimate of drug-likeness (QED) is 0.640. The molecule has 0 aliphatic carbocycles. The Balaban J connectivity index is 2.79. The molecule has 1 aromatic rings. The second kappa shape index (κ2) is 6.85. The van der Waals surface area contributed by atoms with Gasteiger partial charge in [-0.25, -0.2) is 0 Å². The van der Waals surface area contributed by atoms with Crippen molar-refractivity contribution in [3.8, 4) is 6.01 Å². The summed E-state index contributed by atoms with van der Waals surface area (Å²) in [7, 11) is 1.73. The van der Waals surface area contributed by atoms with Crippen molar-refractivity contribution >= 4 is 11.9 Å². The minimum atomic E-state index is 0.0848. The van der Waals surface area contributed by atoms with Gasteiger partial charge >= 0.3 is 6.01 Å². The Labute approximate surface area is 101 Å². The third-order valence-electron chi connectivity index (χ3n) is 2.05. The molecule has 1 heterocycles. The fraction of sp³-hybridized carbons (Fsp3) is 0.700.